The van der Waals surface area contributed by atoms with Gasteiger partial charge in [0.15, 0.2) is 0 Å². The molecule has 5 nitrogen and oxygen atoms in total. The van der Waals surface area contributed by atoms with Gasteiger partial charge in [-0.3, -0.25) is 4.79 Å². The van der Waals surface area contributed by atoms with Crippen LogP contribution in [0.25, 0.3) is 0 Å². The van der Waals surface area contributed by atoms with Crippen LogP contribution in [0.5, 0.6) is 0 Å². The summed E-state index contributed by atoms with van der Waals surface area (Å²) < 4.78 is 0. The lowest BCUT2D eigenvalue weighted by Gasteiger charge is -2.41. The fraction of sp³-hybridized carbons (Fsp3) is 0.867. The van der Waals surface area contributed by atoms with E-state index >= 15 is 0 Å². The van der Waals surface area contributed by atoms with E-state index in [0.717, 1.165) is 18.6 Å². The maximum absolute atomic E-state index is 13.0. The minimum Gasteiger partial charge on any atom is -0.411 e. The van der Waals surface area contributed by atoms with Crippen molar-refractivity contribution >= 4 is 11.6 Å². The van der Waals surface area contributed by atoms with Crippen LogP contribution in [0.1, 0.15) is 47.0 Å². The molecule has 2 aliphatic carbocycles. The summed E-state index contributed by atoms with van der Waals surface area (Å²) in [7, 11) is 0. The first-order valence-electron chi connectivity index (χ1n) is 7.42. The first-order valence-corrected chi connectivity index (χ1v) is 7.42. The van der Waals surface area contributed by atoms with Crippen molar-refractivity contribution in [2.45, 2.75) is 47.0 Å². The zero-order valence-corrected chi connectivity index (χ0v) is 12.9. The van der Waals surface area contributed by atoms with Crippen molar-refractivity contribution in [1.82, 2.24) is 4.90 Å². The van der Waals surface area contributed by atoms with Crippen LogP contribution in [0.3, 0.4) is 0 Å². The Kier molecular flexibility index (Phi) is 3.61. The zero-order valence-electron chi connectivity index (χ0n) is 12.9. The van der Waals surface area contributed by atoms with E-state index in [2.05, 4.69) is 25.9 Å². The summed E-state index contributed by atoms with van der Waals surface area (Å²) in [6.45, 7) is 9.21. The van der Waals surface area contributed by atoms with Crippen LogP contribution in [0.2, 0.25) is 0 Å². The van der Waals surface area contributed by atoms with Crippen LogP contribution in [0, 0.1) is 16.2 Å². The molecule has 2 rings (SSSR count). The van der Waals surface area contributed by atoms with Crippen LogP contribution in [0.4, 0.5) is 0 Å². The molecule has 2 aliphatic rings. The predicted molar refractivity (Wildman–Crippen MR) is 76.7 cm³/mol. The van der Waals surface area contributed by atoms with E-state index in [4.69, 9.17) is 5.11 Å². The van der Waals surface area contributed by atoms with Gasteiger partial charge >= 0.3 is 0 Å². The van der Waals surface area contributed by atoms with E-state index in [1.54, 1.807) is 4.90 Å². The molecule has 2 N–H and O–H groups in total. The fourth-order valence-corrected chi connectivity index (χ4v) is 4.33. The Hall–Kier alpha value is -1.10. The summed E-state index contributed by atoms with van der Waals surface area (Å²) in [5.74, 6) is 0.0985. The second-order valence-corrected chi connectivity index (χ2v) is 6.87. The average molecular weight is 282 g/mol. The van der Waals surface area contributed by atoms with Gasteiger partial charge in [0.2, 0.25) is 5.91 Å². The molecule has 2 saturated carbocycles. The fourth-order valence-electron chi connectivity index (χ4n) is 4.33. The van der Waals surface area contributed by atoms with Gasteiger partial charge < -0.3 is 15.2 Å². The minimum atomic E-state index is -0.492. The number of carbonyl (C=O) groups excluding carboxylic acids is 1. The smallest absolute Gasteiger partial charge is 0.229 e. The molecule has 1 amide bonds. The highest BCUT2D eigenvalue weighted by atomic mass is 16.4. The first-order chi connectivity index (χ1) is 9.30. The molecule has 2 fully saturated rings. The molecule has 5 heteroatoms. The van der Waals surface area contributed by atoms with Gasteiger partial charge in [-0.2, -0.15) is 0 Å². The zero-order chi connectivity index (χ0) is 15.2. The molecular formula is C15H26N2O3. The number of rotatable bonds is 4. The largest absolute Gasteiger partial charge is 0.411 e. The van der Waals surface area contributed by atoms with Crippen LogP contribution >= 0.6 is 0 Å². The Morgan fingerprint density at radius 2 is 2.00 bits per heavy atom. The molecule has 0 saturated heterocycles. The highest BCUT2D eigenvalue weighted by molar-refractivity contribution is 6.02. The number of amides is 1. The van der Waals surface area contributed by atoms with Crippen molar-refractivity contribution in [3.63, 3.8) is 0 Å². The molecule has 0 radical (unpaired) electrons. The van der Waals surface area contributed by atoms with Crippen LogP contribution in [0.15, 0.2) is 5.16 Å². The van der Waals surface area contributed by atoms with Gasteiger partial charge in [0.25, 0.3) is 0 Å². The predicted octanol–water partition coefficient (Wildman–Crippen LogP) is 1.87. The van der Waals surface area contributed by atoms with Crippen molar-refractivity contribution < 1.29 is 15.1 Å². The standard InChI is InChI=1S/C15H26N2O3/c1-5-17(8-9-18)12(19)15-7-6-14(4,13(15,2)3)11(10-15)16-20/h18,20H,5-10H2,1-4H3/b16-11+. The molecule has 114 valence electrons. The minimum absolute atomic E-state index is 0.0195. The van der Waals surface area contributed by atoms with Gasteiger partial charge in [-0.15, -0.1) is 0 Å². The normalized spacial score (nSPS) is 36.5. The topological polar surface area (TPSA) is 73.1 Å². The van der Waals surface area contributed by atoms with Gasteiger partial charge in [-0.1, -0.05) is 25.9 Å². The Labute approximate surface area is 120 Å². The summed E-state index contributed by atoms with van der Waals surface area (Å²) in [6.07, 6.45) is 2.24. The number of likely N-dealkylation sites (N-methyl/N-ethyl adjacent to an activating group) is 1. The summed E-state index contributed by atoms with van der Waals surface area (Å²) in [4.78, 5) is 14.8. The number of fused-ring (bicyclic) bond motifs is 2. The number of hydrogen-bond acceptors (Lipinski definition) is 4. The van der Waals surface area contributed by atoms with E-state index in [0.29, 0.717) is 19.5 Å². The van der Waals surface area contributed by atoms with Crippen molar-refractivity contribution in [1.29, 1.82) is 0 Å². The molecule has 0 aromatic carbocycles. The Morgan fingerprint density at radius 1 is 1.35 bits per heavy atom. The molecule has 0 aromatic rings. The van der Waals surface area contributed by atoms with Gasteiger partial charge in [0.05, 0.1) is 17.7 Å². The lowest BCUT2D eigenvalue weighted by molar-refractivity contribution is -0.147. The number of hydrogen-bond donors (Lipinski definition) is 2. The number of carbonyl (C=O) groups is 1. The highest BCUT2D eigenvalue weighted by Gasteiger charge is 2.72. The maximum atomic E-state index is 13.0. The average Bonchev–Trinajstić information content (AvgIpc) is 2.73. The Morgan fingerprint density at radius 3 is 2.45 bits per heavy atom. The van der Waals surface area contributed by atoms with Crippen molar-refractivity contribution in [2.75, 3.05) is 19.7 Å². The molecule has 0 aromatic heterocycles. The molecule has 0 spiro atoms. The summed E-state index contributed by atoms with van der Waals surface area (Å²) >= 11 is 0. The summed E-state index contributed by atoms with van der Waals surface area (Å²) in [5, 5.41) is 21.9. The SMILES string of the molecule is CCN(CCO)C(=O)C12CCC(C)(/C(=N/O)C1)C2(C)C. The van der Waals surface area contributed by atoms with Crippen molar-refractivity contribution in [2.24, 2.45) is 21.4 Å². The molecule has 2 atom stereocenters. The maximum Gasteiger partial charge on any atom is 0.229 e. The summed E-state index contributed by atoms with van der Waals surface area (Å²) in [6, 6.07) is 0. The van der Waals surface area contributed by atoms with E-state index in [1.165, 1.54) is 0 Å². The lowest BCUT2D eigenvalue weighted by atomic mass is 9.64. The number of aliphatic hydroxyl groups is 1. The second kappa shape index (κ2) is 4.72. The van der Waals surface area contributed by atoms with Gasteiger partial charge in [-0.05, 0) is 25.2 Å². The Balaban J connectivity index is 2.43. The lowest BCUT2D eigenvalue weighted by Crippen LogP contribution is -2.49. The number of aliphatic hydroxyl groups excluding tert-OH is 1. The van der Waals surface area contributed by atoms with Crippen molar-refractivity contribution in [3.8, 4) is 0 Å². The number of oxime groups is 1. The van der Waals surface area contributed by atoms with Crippen LogP contribution in [-0.2, 0) is 4.79 Å². The summed E-state index contributed by atoms with van der Waals surface area (Å²) in [5.41, 5.74) is -0.186. The molecule has 2 unspecified atom stereocenters. The molecule has 20 heavy (non-hydrogen) atoms. The van der Waals surface area contributed by atoms with E-state index in [9.17, 15) is 10.0 Å². The highest BCUT2D eigenvalue weighted by Crippen LogP contribution is 2.71. The van der Waals surface area contributed by atoms with E-state index in [-0.39, 0.29) is 23.3 Å². The monoisotopic (exact) mass is 282 g/mol. The quantitative estimate of drug-likeness (QED) is 0.611. The van der Waals surface area contributed by atoms with Gasteiger partial charge in [0, 0.05) is 24.9 Å². The molecule has 0 aliphatic heterocycles. The Bertz CT molecular complexity index is 446. The third-order valence-corrected chi connectivity index (χ3v) is 6.30. The third kappa shape index (κ3) is 1.59. The first kappa shape index (κ1) is 15.3. The van der Waals surface area contributed by atoms with Gasteiger partial charge in [0.1, 0.15) is 0 Å². The molecular weight excluding hydrogens is 256 g/mol. The molecule has 2 bridgehead atoms. The van der Waals surface area contributed by atoms with Crippen LogP contribution < -0.4 is 0 Å². The molecule has 0 heterocycles. The van der Waals surface area contributed by atoms with Crippen molar-refractivity contribution in [3.05, 3.63) is 0 Å². The second-order valence-electron chi connectivity index (χ2n) is 6.87. The third-order valence-electron chi connectivity index (χ3n) is 6.30. The van der Waals surface area contributed by atoms with Gasteiger partial charge in [-0.25, -0.2) is 0 Å². The van der Waals surface area contributed by atoms with E-state index in [1.807, 2.05) is 6.92 Å². The van der Waals surface area contributed by atoms with Crippen LogP contribution in [-0.4, -0.2) is 46.5 Å². The number of nitrogens with zero attached hydrogens (tertiary/aromatic N) is 2. The van der Waals surface area contributed by atoms with E-state index < -0.39 is 5.41 Å².